The van der Waals surface area contributed by atoms with Gasteiger partial charge in [0.05, 0.1) is 5.56 Å². The number of aliphatic carboxylic acids is 1. The van der Waals surface area contributed by atoms with Crippen molar-refractivity contribution in [2.45, 2.75) is 12.5 Å². The van der Waals surface area contributed by atoms with E-state index in [4.69, 9.17) is 23.1 Å². The number of amides is 1. The zero-order valence-corrected chi connectivity index (χ0v) is 9.44. The van der Waals surface area contributed by atoms with Gasteiger partial charge in [-0.25, -0.2) is 9.78 Å². The molecule has 2 N–H and O–H groups in total. The van der Waals surface area contributed by atoms with Crippen molar-refractivity contribution in [3.8, 4) is 12.3 Å². The van der Waals surface area contributed by atoms with Gasteiger partial charge in [0.2, 0.25) is 0 Å². The van der Waals surface area contributed by atoms with Crippen LogP contribution in [-0.4, -0.2) is 28.0 Å². The van der Waals surface area contributed by atoms with E-state index in [2.05, 4.69) is 16.2 Å². The highest BCUT2D eigenvalue weighted by atomic mass is 35.5. The summed E-state index contributed by atoms with van der Waals surface area (Å²) in [5.41, 5.74) is 0.220. The Bertz CT molecular complexity index is 465. The summed E-state index contributed by atoms with van der Waals surface area (Å²) in [5.74, 6) is 0.442. The van der Waals surface area contributed by atoms with E-state index in [9.17, 15) is 9.59 Å². The molecule has 88 valence electrons. The topological polar surface area (TPSA) is 79.3 Å². The first kappa shape index (κ1) is 13.0. The molecular weight excluding hydrogens is 244 g/mol. The van der Waals surface area contributed by atoms with E-state index in [1.54, 1.807) is 0 Å². The summed E-state index contributed by atoms with van der Waals surface area (Å²) in [6, 6.07) is 1.77. The molecule has 5 nitrogen and oxygen atoms in total. The van der Waals surface area contributed by atoms with Gasteiger partial charge < -0.3 is 10.4 Å². The molecule has 1 aromatic heterocycles. The van der Waals surface area contributed by atoms with Crippen molar-refractivity contribution in [2.24, 2.45) is 0 Å². The minimum Gasteiger partial charge on any atom is -0.480 e. The maximum atomic E-state index is 11.6. The zero-order valence-electron chi connectivity index (χ0n) is 8.68. The molecule has 0 aliphatic heterocycles. The molecule has 0 radical (unpaired) electrons. The van der Waals surface area contributed by atoms with E-state index in [0.29, 0.717) is 0 Å². The Kier molecular flexibility index (Phi) is 4.49. The van der Waals surface area contributed by atoms with Crippen molar-refractivity contribution in [1.82, 2.24) is 10.3 Å². The molecule has 0 aliphatic rings. The molecular formula is C11H9ClN2O3. The molecule has 6 heteroatoms. The Morgan fingerprint density at radius 3 is 2.76 bits per heavy atom. The number of carbonyl (C=O) groups is 2. The van der Waals surface area contributed by atoms with Crippen LogP contribution in [0.25, 0.3) is 0 Å². The predicted octanol–water partition coefficient (Wildman–Crippen LogP) is 0.941. The number of pyridine rings is 1. The van der Waals surface area contributed by atoms with E-state index in [-0.39, 0.29) is 17.1 Å². The molecule has 0 spiro atoms. The van der Waals surface area contributed by atoms with Crippen LogP contribution in [0.4, 0.5) is 0 Å². The van der Waals surface area contributed by atoms with Gasteiger partial charge in [-0.2, -0.15) is 0 Å². The second-order valence-corrected chi connectivity index (χ2v) is 3.53. The van der Waals surface area contributed by atoms with Crippen molar-refractivity contribution < 1.29 is 14.7 Å². The maximum Gasteiger partial charge on any atom is 0.327 e. The van der Waals surface area contributed by atoms with Gasteiger partial charge in [-0.05, 0) is 12.1 Å². The Labute approximate surface area is 103 Å². The molecule has 1 unspecified atom stereocenters. The van der Waals surface area contributed by atoms with Gasteiger partial charge >= 0.3 is 5.97 Å². The highest BCUT2D eigenvalue weighted by Gasteiger charge is 2.19. The van der Waals surface area contributed by atoms with Gasteiger partial charge in [0.1, 0.15) is 11.2 Å². The smallest absolute Gasteiger partial charge is 0.327 e. The molecule has 1 heterocycles. The summed E-state index contributed by atoms with van der Waals surface area (Å²) in [6.45, 7) is 0. The third-order valence-electron chi connectivity index (χ3n) is 1.91. The fourth-order valence-electron chi connectivity index (χ4n) is 1.07. The van der Waals surface area contributed by atoms with Gasteiger partial charge in [0.25, 0.3) is 5.91 Å². The van der Waals surface area contributed by atoms with Gasteiger partial charge in [0, 0.05) is 12.6 Å². The number of carboxylic acids is 1. The zero-order chi connectivity index (χ0) is 12.8. The number of rotatable bonds is 4. The van der Waals surface area contributed by atoms with Crippen molar-refractivity contribution in [1.29, 1.82) is 0 Å². The Morgan fingerprint density at radius 2 is 2.29 bits per heavy atom. The second-order valence-electron chi connectivity index (χ2n) is 3.14. The quantitative estimate of drug-likeness (QED) is 0.617. The standard InChI is InChI=1S/C11H9ClN2O3/c1-2-3-8(11(16)17)14-10(15)7-4-5-9(12)13-6-7/h1,4-6,8H,3H2,(H,14,15)(H,16,17). The second kappa shape index (κ2) is 5.87. The maximum absolute atomic E-state index is 11.6. The van der Waals surface area contributed by atoms with Crippen LogP contribution < -0.4 is 5.32 Å². The predicted molar refractivity (Wildman–Crippen MR) is 61.6 cm³/mol. The van der Waals surface area contributed by atoms with Crippen molar-refractivity contribution >= 4 is 23.5 Å². The average molecular weight is 253 g/mol. The summed E-state index contributed by atoms with van der Waals surface area (Å²) in [7, 11) is 0. The van der Waals surface area contributed by atoms with Crippen LogP contribution in [-0.2, 0) is 4.79 Å². The molecule has 17 heavy (non-hydrogen) atoms. The fraction of sp³-hybridized carbons (Fsp3) is 0.182. The summed E-state index contributed by atoms with van der Waals surface area (Å²) in [5, 5.41) is 11.3. The Morgan fingerprint density at radius 1 is 1.59 bits per heavy atom. The minimum absolute atomic E-state index is 0.0813. The van der Waals surface area contributed by atoms with Crippen LogP contribution in [0, 0.1) is 12.3 Å². The summed E-state index contributed by atoms with van der Waals surface area (Å²) < 4.78 is 0. The van der Waals surface area contributed by atoms with E-state index < -0.39 is 17.9 Å². The molecule has 0 aliphatic carbocycles. The lowest BCUT2D eigenvalue weighted by Gasteiger charge is -2.11. The lowest BCUT2D eigenvalue weighted by Crippen LogP contribution is -2.40. The number of carbonyl (C=O) groups excluding carboxylic acids is 1. The van der Waals surface area contributed by atoms with Crippen LogP contribution in [0.1, 0.15) is 16.8 Å². The molecule has 1 aromatic rings. The van der Waals surface area contributed by atoms with Crippen molar-refractivity contribution in [3.05, 3.63) is 29.0 Å². The largest absolute Gasteiger partial charge is 0.480 e. The van der Waals surface area contributed by atoms with Gasteiger partial charge in [0.15, 0.2) is 0 Å². The molecule has 0 fully saturated rings. The van der Waals surface area contributed by atoms with Crippen LogP contribution in [0.15, 0.2) is 18.3 Å². The number of carboxylic acid groups (broad SMARTS) is 1. The van der Waals surface area contributed by atoms with E-state index in [0.717, 1.165) is 0 Å². The first-order chi connectivity index (χ1) is 8.04. The third kappa shape index (κ3) is 3.78. The minimum atomic E-state index is -1.18. The number of halogens is 1. The molecule has 0 bridgehead atoms. The van der Waals surface area contributed by atoms with Crippen LogP contribution in [0.3, 0.4) is 0 Å². The highest BCUT2D eigenvalue weighted by molar-refractivity contribution is 6.29. The molecule has 1 atom stereocenters. The summed E-state index contributed by atoms with van der Waals surface area (Å²) in [4.78, 5) is 26.1. The molecule has 0 aromatic carbocycles. The molecule has 0 saturated carbocycles. The number of nitrogens with zero attached hydrogens (tertiary/aromatic N) is 1. The third-order valence-corrected chi connectivity index (χ3v) is 2.14. The lowest BCUT2D eigenvalue weighted by atomic mass is 10.2. The van der Waals surface area contributed by atoms with E-state index in [1.165, 1.54) is 18.3 Å². The monoisotopic (exact) mass is 252 g/mol. The van der Waals surface area contributed by atoms with Gasteiger partial charge in [-0.1, -0.05) is 11.6 Å². The Hall–Kier alpha value is -2.06. The van der Waals surface area contributed by atoms with Gasteiger partial charge in [-0.3, -0.25) is 4.79 Å². The number of nitrogens with one attached hydrogen (secondary N) is 1. The van der Waals surface area contributed by atoms with E-state index >= 15 is 0 Å². The average Bonchev–Trinajstić information content (AvgIpc) is 2.29. The fourth-order valence-corrected chi connectivity index (χ4v) is 1.18. The molecule has 0 saturated heterocycles. The van der Waals surface area contributed by atoms with Crippen molar-refractivity contribution in [2.75, 3.05) is 0 Å². The summed E-state index contributed by atoms with van der Waals surface area (Å²) >= 11 is 5.56. The number of hydrogen-bond donors (Lipinski definition) is 2. The normalized spacial score (nSPS) is 11.3. The van der Waals surface area contributed by atoms with E-state index in [1.807, 2.05) is 0 Å². The SMILES string of the molecule is C#CCC(NC(=O)c1ccc(Cl)nc1)C(=O)O. The van der Waals surface area contributed by atoms with Crippen LogP contribution >= 0.6 is 11.6 Å². The number of hydrogen-bond acceptors (Lipinski definition) is 3. The van der Waals surface area contributed by atoms with Crippen LogP contribution in [0.5, 0.6) is 0 Å². The highest BCUT2D eigenvalue weighted by Crippen LogP contribution is 2.05. The lowest BCUT2D eigenvalue weighted by molar-refractivity contribution is -0.139. The van der Waals surface area contributed by atoms with Crippen LogP contribution in [0.2, 0.25) is 5.15 Å². The van der Waals surface area contributed by atoms with Crippen molar-refractivity contribution in [3.63, 3.8) is 0 Å². The first-order valence-electron chi connectivity index (χ1n) is 4.63. The summed E-state index contributed by atoms with van der Waals surface area (Å²) in [6.07, 6.45) is 6.18. The number of terminal acetylenes is 1. The van der Waals surface area contributed by atoms with Gasteiger partial charge in [-0.15, -0.1) is 12.3 Å². The number of aromatic nitrogens is 1. The Balaban J connectivity index is 2.74. The molecule has 1 rings (SSSR count). The first-order valence-corrected chi connectivity index (χ1v) is 5.01. The molecule has 1 amide bonds.